The normalized spacial score (nSPS) is 9.86. The van der Waals surface area contributed by atoms with Gasteiger partial charge in [0, 0.05) is 18.2 Å². The summed E-state index contributed by atoms with van der Waals surface area (Å²) < 4.78 is 5.26. The van der Waals surface area contributed by atoms with Crippen molar-refractivity contribution in [3.05, 3.63) is 59.0 Å². The minimum atomic E-state index is -0.0674. The minimum Gasteiger partial charge on any atom is -0.467 e. The molecule has 4 nitrogen and oxygen atoms in total. The van der Waals surface area contributed by atoms with Crippen LogP contribution in [0.15, 0.2) is 41.0 Å². The lowest BCUT2D eigenvalue weighted by Gasteiger charge is -2.16. The van der Waals surface area contributed by atoms with Crippen LogP contribution < -0.4 is 5.73 Å². The summed E-state index contributed by atoms with van der Waals surface area (Å²) >= 11 is 0. The van der Waals surface area contributed by atoms with E-state index >= 15 is 0 Å². The molecule has 0 radical (unpaired) electrons. The molecule has 2 rings (SSSR count). The van der Waals surface area contributed by atoms with Gasteiger partial charge in [-0.2, -0.15) is 0 Å². The number of nitrogens with zero attached hydrogens (tertiary/aromatic N) is 1. The standard InChI is InChI=1S/C17H18N2O2/c1-13-7-8-15(11-14(13)5-3-9-18)17(20)19(2)12-16-6-4-10-21-16/h4,6-8,10-11H,9,12,18H2,1-2H3. The molecular formula is C17H18N2O2. The van der Waals surface area contributed by atoms with Crippen molar-refractivity contribution in [2.24, 2.45) is 5.73 Å². The van der Waals surface area contributed by atoms with Gasteiger partial charge in [0.05, 0.1) is 19.4 Å². The van der Waals surface area contributed by atoms with Crippen LogP contribution >= 0.6 is 0 Å². The molecule has 2 aromatic rings. The molecule has 0 spiro atoms. The second-order valence-electron chi connectivity index (χ2n) is 4.78. The van der Waals surface area contributed by atoms with Crippen LogP contribution in [0, 0.1) is 18.8 Å². The van der Waals surface area contributed by atoms with Crippen molar-refractivity contribution in [2.45, 2.75) is 13.5 Å². The van der Waals surface area contributed by atoms with Crippen LogP contribution in [0.5, 0.6) is 0 Å². The van der Waals surface area contributed by atoms with E-state index in [0.717, 1.165) is 16.9 Å². The Morgan fingerprint density at radius 3 is 2.86 bits per heavy atom. The number of amides is 1. The lowest BCUT2D eigenvalue weighted by Crippen LogP contribution is -2.26. The predicted molar refractivity (Wildman–Crippen MR) is 81.6 cm³/mol. The van der Waals surface area contributed by atoms with Gasteiger partial charge in [0.2, 0.25) is 0 Å². The third-order valence-electron chi connectivity index (χ3n) is 3.13. The number of nitrogens with two attached hydrogens (primary N) is 1. The average Bonchev–Trinajstić information content (AvgIpc) is 2.98. The molecule has 0 aliphatic carbocycles. The summed E-state index contributed by atoms with van der Waals surface area (Å²) in [4.78, 5) is 14.0. The van der Waals surface area contributed by atoms with E-state index < -0.39 is 0 Å². The van der Waals surface area contributed by atoms with Crippen LogP contribution in [0.2, 0.25) is 0 Å². The fraction of sp³-hybridized carbons (Fsp3) is 0.235. The van der Waals surface area contributed by atoms with Gasteiger partial charge in [0.1, 0.15) is 5.76 Å². The first kappa shape index (κ1) is 14.9. The smallest absolute Gasteiger partial charge is 0.254 e. The van der Waals surface area contributed by atoms with Gasteiger partial charge in [0.25, 0.3) is 5.91 Å². The fourth-order valence-electron chi connectivity index (χ4n) is 1.96. The number of benzene rings is 1. The first-order valence-electron chi connectivity index (χ1n) is 6.69. The fourth-order valence-corrected chi connectivity index (χ4v) is 1.96. The van der Waals surface area contributed by atoms with Crippen molar-refractivity contribution >= 4 is 5.91 Å². The van der Waals surface area contributed by atoms with E-state index in [1.54, 1.807) is 30.3 Å². The lowest BCUT2D eigenvalue weighted by molar-refractivity contribution is 0.0775. The van der Waals surface area contributed by atoms with E-state index in [2.05, 4.69) is 11.8 Å². The van der Waals surface area contributed by atoms with Crippen molar-refractivity contribution in [1.29, 1.82) is 0 Å². The van der Waals surface area contributed by atoms with Crippen LogP contribution in [0.25, 0.3) is 0 Å². The van der Waals surface area contributed by atoms with Crippen LogP contribution in [0.4, 0.5) is 0 Å². The Kier molecular flexibility index (Phi) is 4.81. The number of carbonyl (C=O) groups excluding carboxylic acids is 1. The number of furan rings is 1. The summed E-state index contributed by atoms with van der Waals surface area (Å²) in [5.74, 6) is 6.49. The highest BCUT2D eigenvalue weighted by atomic mass is 16.3. The molecule has 0 saturated heterocycles. The first-order chi connectivity index (χ1) is 10.1. The summed E-state index contributed by atoms with van der Waals surface area (Å²) in [6.07, 6.45) is 1.60. The highest BCUT2D eigenvalue weighted by Gasteiger charge is 2.14. The molecule has 0 saturated carbocycles. The third-order valence-corrected chi connectivity index (χ3v) is 3.13. The molecule has 0 fully saturated rings. The molecule has 1 amide bonds. The van der Waals surface area contributed by atoms with Gasteiger partial charge in [-0.05, 0) is 36.8 Å². The van der Waals surface area contributed by atoms with Crippen LogP contribution in [-0.2, 0) is 6.54 Å². The second kappa shape index (κ2) is 6.78. The first-order valence-corrected chi connectivity index (χ1v) is 6.69. The SMILES string of the molecule is Cc1ccc(C(=O)N(C)Cc2ccco2)cc1C#CCN. The quantitative estimate of drug-likeness (QED) is 0.878. The van der Waals surface area contributed by atoms with Gasteiger partial charge in [-0.1, -0.05) is 17.9 Å². The van der Waals surface area contributed by atoms with Crippen molar-refractivity contribution in [1.82, 2.24) is 4.90 Å². The van der Waals surface area contributed by atoms with E-state index in [-0.39, 0.29) is 5.91 Å². The Balaban J connectivity index is 2.18. The molecule has 108 valence electrons. The van der Waals surface area contributed by atoms with E-state index in [0.29, 0.717) is 18.7 Å². The Bertz CT molecular complexity index is 679. The zero-order valence-electron chi connectivity index (χ0n) is 12.2. The summed E-state index contributed by atoms with van der Waals surface area (Å²) in [6, 6.07) is 9.16. The zero-order valence-corrected chi connectivity index (χ0v) is 12.2. The summed E-state index contributed by atoms with van der Waals surface area (Å²) in [7, 11) is 1.75. The second-order valence-corrected chi connectivity index (χ2v) is 4.78. The summed E-state index contributed by atoms with van der Waals surface area (Å²) in [5.41, 5.74) is 7.86. The van der Waals surface area contributed by atoms with Crippen molar-refractivity contribution < 1.29 is 9.21 Å². The van der Waals surface area contributed by atoms with Gasteiger partial charge in [-0.25, -0.2) is 0 Å². The van der Waals surface area contributed by atoms with Crippen molar-refractivity contribution in [3.63, 3.8) is 0 Å². The van der Waals surface area contributed by atoms with Crippen LogP contribution in [-0.4, -0.2) is 24.4 Å². The number of rotatable bonds is 3. The Hall–Kier alpha value is -2.51. The average molecular weight is 282 g/mol. The molecule has 0 bridgehead atoms. The van der Waals surface area contributed by atoms with E-state index in [1.165, 1.54) is 0 Å². The van der Waals surface area contributed by atoms with E-state index in [9.17, 15) is 4.79 Å². The predicted octanol–water partition coefficient (Wildman–Crippen LogP) is 2.17. The number of hydrogen-bond acceptors (Lipinski definition) is 3. The highest BCUT2D eigenvalue weighted by Crippen LogP contribution is 2.13. The Labute approximate surface area is 124 Å². The Morgan fingerprint density at radius 2 is 2.19 bits per heavy atom. The largest absolute Gasteiger partial charge is 0.467 e. The third kappa shape index (κ3) is 3.74. The van der Waals surface area contributed by atoms with Gasteiger partial charge in [0.15, 0.2) is 0 Å². The maximum absolute atomic E-state index is 12.4. The van der Waals surface area contributed by atoms with E-state index in [4.69, 9.17) is 10.2 Å². The molecule has 0 atom stereocenters. The summed E-state index contributed by atoms with van der Waals surface area (Å²) in [5, 5.41) is 0. The van der Waals surface area contributed by atoms with Gasteiger partial charge >= 0.3 is 0 Å². The maximum Gasteiger partial charge on any atom is 0.254 e. The molecule has 1 aromatic carbocycles. The maximum atomic E-state index is 12.4. The number of carbonyl (C=O) groups is 1. The van der Waals surface area contributed by atoms with Crippen molar-refractivity contribution in [2.75, 3.05) is 13.6 Å². The molecular weight excluding hydrogens is 264 g/mol. The molecule has 21 heavy (non-hydrogen) atoms. The molecule has 1 heterocycles. The molecule has 4 heteroatoms. The lowest BCUT2D eigenvalue weighted by atomic mass is 10.0. The number of aryl methyl sites for hydroxylation is 1. The minimum absolute atomic E-state index is 0.0674. The topological polar surface area (TPSA) is 59.5 Å². The molecule has 2 N–H and O–H groups in total. The van der Waals surface area contributed by atoms with Crippen LogP contribution in [0.1, 0.15) is 27.2 Å². The zero-order chi connectivity index (χ0) is 15.2. The number of hydrogen-bond donors (Lipinski definition) is 1. The van der Waals surface area contributed by atoms with E-state index in [1.807, 2.05) is 25.1 Å². The molecule has 1 aromatic heterocycles. The molecule has 0 unspecified atom stereocenters. The van der Waals surface area contributed by atoms with Gasteiger partial charge < -0.3 is 15.1 Å². The monoisotopic (exact) mass is 282 g/mol. The summed E-state index contributed by atoms with van der Waals surface area (Å²) in [6.45, 7) is 2.70. The Morgan fingerprint density at radius 1 is 1.38 bits per heavy atom. The molecule has 0 aliphatic heterocycles. The highest BCUT2D eigenvalue weighted by molar-refractivity contribution is 5.94. The van der Waals surface area contributed by atoms with Gasteiger partial charge in [-0.15, -0.1) is 0 Å². The van der Waals surface area contributed by atoms with Gasteiger partial charge in [-0.3, -0.25) is 4.79 Å². The van der Waals surface area contributed by atoms with Crippen LogP contribution in [0.3, 0.4) is 0 Å². The molecule has 0 aliphatic rings. The van der Waals surface area contributed by atoms with Crippen molar-refractivity contribution in [3.8, 4) is 11.8 Å².